The molecular weight excluding hydrogens is 400 g/mol. The van der Waals surface area contributed by atoms with Gasteiger partial charge in [0, 0.05) is 26.1 Å². The summed E-state index contributed by atoms with van der Waals surface area (Å²) in [4.78, 5) is 35.8. The Morgan fingerprint density at radius 3 is 2.13 bits per heavy atom. The van der Waals surface area contributed by atoms with Gasteiger partial charge in [0.15, 0.2) is 0 Å². The van der Waals surface area contributed by atoms with Crippen LogP contribution in [0.3, 0.4) is 0 Å². The van der Waals surface area contributed by atoms with E-state index in [0.29, 0.717) is 0 Å². The first kappa shape index (κ1) is 22.3. The molecule has 1 aliphatic rings. The van der Waals surface area contributed by atoms with Gasteiger partial charge in [0.25, 0.3) is 0 Å². The van der Waals surface area contributed by atoms with Crippen LogP contribution in [0.25, 0.3) is 11.1 Å². The summed E-state index contributed by atoms with van der Waals surface area (Å²) in [7, 11) is 1.45. The second-order valence-electron chi connectivity index (χ2n) is 7.37. The largest absolute Gasteiger partial charge is 0.480 e. The van der Waals surface area contributed by atoms with E-state index in [4.69, 9.17) is 9.47 Å². The second kappa shape index (κ2) is 10.1. The number of alkyl carbamates (subject to hydrolysis) is 1. The van der Waals surface area contributed by atoms with Crippen molar-refractivity contribution in [2.45, 2.75) is 31.3 Å². The molecule has 0 aromatic heterocycles. The Hall–Kier alpha value is -3.39. The topological polar surface area (TPSA) is 114 Å². The van der Waals surface area contributed by atoms with Gasteiger partial charge in [0.05, 0.1) is 0 Å². The number of nitrogens with one attached hydrogen (secondary N) is 2. The number of carboxylic acids is 1. The summed E-state index contributed by atoms with van der Waals surface area (Å²) in [6.07, 6.45) is -0.622. The van der Waals surface area contributed by atoms with Crippen LogP contribution in [-0.2, 0) is 19.1 Å². The number of hydrogen-bond acceptors (Lipinski definition) is 5. The minimum Gasteiger partial charge on any atom is -0.480 e. The molecule has 3 rings (SSSR count). The second-order valence-corrected chi connectivity index (χ2v) is 7.37. The first-order chi connectivity index (χ1) is 14.9. The van der Waals surface area contributed by atoms with Crippen molar-refractivity contribution >= 4 is 18.0 Å². The normalized spacial score (nSPS) is 14.1. The van der Waals surface area contributed by atoms with Crippen LogP contribution in [0.1, 0.15) is 30.4 Å². The molecule has 2 aromatic carbocycles. The summed E-state index contributed by atoms with van der Waals surface area (Å²) >= 11 is 0. The molecule has 2 atom stereocenters. The third-order valence-electron chi connectivity index (χ3n) is 5.30. The number of amides is 2. The summed E-state index contributed by atoms with van der Waals surface area (Å²) in [5.74, 6) is -1.87. The molecule has 2 aromatic rings. The lowest BCUT2D eigenvalue weighted by Crippen LogP contribution is -2.50. The predicted octanol–water partition coefficient (Wildman–Crippen LogP) is 2.52. The molecule has 8 nitrogen and oxygen atoms in total. The highest BCUT2D eigenvalue weighted by Gasteiger charge is 2.29. The van der Waals surface area contributed by atoms with Gasteiger partial charge < -0.3 is 25.2 Å². The molecule has 0 heterocycles. The van der Waals surface area contributed by atoms with Crippen LogP contribution >= 0.6 is 0 Å². The lowest BCUT2D eigenvalue weighted by Gasteiger charge is -2.19. The maximum Gasteiger partial charge on any atom is 0.407 e. The molecule has 1 aliphatic carbocycles. The van der Waals surface area contributed by atoms with Crippen LogP contribution in [0, 0.1) is 0 Å². The van der Waals surface area contributed by atoms with Crippen molar-refractivity contribution in [2.24, 2.45) is 0 Å². The molecular formula is C23H26N2O6. The number of carboxylic acid groups (broad SMARTS) is 1. The highest BCUT2D eigenvalue weighted by molar-refractivity contribution is 5.89. The van der Waals surface area contributed by atoms with Crippen molar-refractivity contribution in [2.75, 3.05) is 20.3 Å². The maximum atomic E-state index is 12.3. The van der Waals surface area contributed by atoms with Gasteiger partial charge in [-0.05, 0) is 29.2 Å². The number of benzene rings is 2. The molecule has 0 saturated heterocycles. The van der Waals surface area contributed by atoms with Gasteiger partial charge in [0.2, 0.25) is 5.91 Å². The number of carbonyl (C=O) groups excluding carboxylic acids is 2. The SMILES string of the molecule is COCCC(NC(=O)C(C)NC(=O)OCC1c2ccccc2-c2ccccc21)C(=O)O. The van der Waals surface area contributed by atoms with Gasteiger partial charge in [-0.2, -0.15) is 0 Å². The third-order valence-corrected chi connectivity index (χ3v) is 5.30. The first-order valence-corrected chi connectivity index (χ1v) is 10.1. The standard InChI is InChI=1S/C23H26N2O6/c1-14(21(26)25-20(22(27)28)11-12-30-2)24-23(29)31-13-19-17-9-5-3-7-15(17)16-8-4-6-10-18(16)19/h3-10,14,19-20H,11-13H2,1-2H3,(H,24,29)(H,25,26)(H,27,28). The predicted molar refractivity (Wildman–Crippen MR) is 114 cm³/mol. The quantitative estimate of drug-likeness (QED) is 0.568. The van der Waals surface area contributed by atoms with Crippen LogP contribution < -0.4 is 10.6 Å². The Kier molecular flexibility index (Phi) is 7.25. The molecule has 2 unspecified atom stereocenters. The third kappa shape index (κ3) is 5.21. The Morgan fingerprint density at radius 1 is 1.00 bits per heavy atom. The zero-order valence-corrected chi connectivity index (χ0v) is 17.5. The molecule has 0 bridgehead atoms. The monoisotopic (exact) mass is 426 g/mol. The van der Waals surface area contributed by atoms with Crippen LogP contribution in [0.2, 0.25) is 0 Å². The molecule has 0 spiro atoms. The summed E-state index contributed by atoms with van der Waals surface area (Å²) in [6.45, 7) is 1.78. The summed E-state index contributed by atoms with van der Waals surface area (Å²) < 4.78 is 10.3. The van der Waals surface area contributed by atoms with Crippen molar-refractivity contribution in [3.63, 3.8) is 0 Å². The smallest absolute Gasteiger partial charge is 0.407 e. The fraction of sp³-hybridized carbons (Fsp3) is 0.348. The molecule has 0 saturated carbocycles. The van der Waals surface area contributed by atoms with Gasteiger partial charge in [0.1, 0.15) is 18.7 Å². The average Bonchev–Trinajstić information content (AvgIpc) is 3.08. The Bertz CT molecular complexity index is 915. The zero-order chi connectivity index (χ0) is 22.4. The van der Waals surface area contributed by atoms with Crippen molar-refractivity contribution in [1.29, 1.82) is 0 Å². The highest BCUT2D eigenvalue weighted by Crippen LogP contribution is 2.44. The number of aliphatic carboxylic acids is 1. The molecule has 3 N–H and O–H groups in total. The van der Waals surface area contributed by atoms with Gasteiger partial charge in [-0.1, -0.05) is 48.5 Å². The number of rotatable bonds is 9. The van der Waals surface area contributed by atoms with E-state index in [1.165, 1.54) is 14.0 Å². The minimum atomic E-state index is -1.17. The van der Waals surface area contributed by atoms with E-state index >= 15 is 0 Å². The fourth-order valence-corrected chi connectivity index (χ4v) is 3.67. The molecule has 0 aliphatic heterocycles. The van der Waals surface area contributed by atoms with E-state index in [-0.39, 0.29) is 25.6 Å². The number of hydrogen-bond donors (Lipinski definition) is 3. The molecule has 0 fully saturated rings. The molecule has 8 heteroatoms. The van der Waals surface area contributed by atoms with E-state index < -0.39 is 30.1 Å². The Balaban J connectivity index is 1.57. The van der Waals surface area contributed by atoms with E-state index in [2.05, 4.69) is 10.6 Å². The highest BCUT2D eigenvalue weighted by atomic mass is 16.5. The lowest BCUT2D eigenvalue weighted by atomic mass is 9.98. The van der Waals surface area contributed by atoms with Crippen molar-refractivity contribution in [1.82, 2.24) is 10.6 Å². The van der Waals surface area contributed by atoms with Gasteiger partial charge in [-0.25, -0.2) is 9.59 Å². The average molecular weight is 426 g/mol. The number of methoxy groups -OCH3 is 1. The summed E-state index contributed by atoms with van der Waals surface area (Å²) in [6, 6.07) is 13.9. The Labute approximate surface area is 180 Å². The maximum absolute atomic E-state index is 12.3. The summed E-state index contributed by atoms with van der Waals surface area (Å²) in [5, 5.41) is 14.0. The fourth-order valence-electron chi connectivity index (χ4n) is 3.67. The van der Waals surface area contributed by atoms with Gasteiger partial charge >= 0.3 is 12.1 Å². The van der Waals surface area contributed by atoms with Crippen LogP contribution in [0.15, 0.2) is 48.5 Å². The van der Waals surface area contributed by atoms with Crippen molar-refractivity contribution in [3.05, 3.63) is 59.7 Å². The molecule has 164 valence electrons. The van der Waals surface area contributed by atoms with E-state index in [1.54, 1.807) is 0 Å². The Morgan fingerprint density at radius 2 is 1.58 bits per heavy atom. The molecule has 2 amide bonds. The first-order valence-electron chi connectivity index (χ1n) is 10.1. The lowest BCUT2D eigenvalue weighted by molar-refractivity contribution is -0.142. The van der Waals surface area contributed by atoms with Crippen LogP contribution in [-0.4, -0.2) is 55.5 Å². The van der Waals surface area contributed by atoms with Gasteiger partial charge in [-0.15, -0.1) is 0 Å². The van der Waals surface area contributed by atoms with E-state index in [1.807, 2.05) is 48.5 Å². The number of ether oxygens (including phenoxy) is 2. The van der Waals surface area contributed by atoms with Crippen molar-refractivity contribution < 1.29 is 29.0 Å². The van der Waals surface area contributed by atoms with Crippen LogP contribution in [0.5, 0.6) is 0 Å². The number of carbonyl (C=O) groups is 3. The van der Waals surface area contributed by atoms with Crippen LogP contribution in [0.4, 0.5) is 4.79 Å². The molecule has 31 heavy (non-hydrogen) atoms. The van der Waals surface area contributed by atoms with E-state index in [0.717, 1.165) is 22.3 Å². The number of fused-ring (bicyclic) bond motifs is 3. The minimum absolute atomic E-state index is 0.0901. The van der Waals surface area contributed by atoms with Gasteiger partial charge in [-0.3, -0.25) is 4.79 Å². The van der Waals surface area contributed by atoms with Crippen molar-refractivity contribution in [3.8, 4) is 11.1 Å². The zero-order valence-electron chi connectivity index (χ0n) is 17.5. The van der Waals surface area contributed by atoms with E-state index in [9.17, 15) is 19.5 Å². The molecule has 0 radical (unpaired) electrons. The summed E-state index contributed by atoms with van der Waals surface area (Å²) in [5.41, 5.74) is 4.42.